The standard InChI is InChI=1S/C19H20BrN3O7S/c1-27-15-5-4-13(7-16(15)28-2)23(31(3,25)26)10-19(24)22-21-9-12-6-17-18(8-14(12)20)30-11-29-17/h4-9H,10-11H2,1-3H3,(H,22,24)/b21-9-. The maximum absolute atomic E-state index is 12.4. The van der Waals surface area contributed by atoms with Crippen molar-refractivity contribution in [3.8, 4) is 23.0 Å². The molecule has 0 unspecified atom stereocenters. The zero-order chi connectivity index (χ0) is 22.6. The van der Waals surface area contributed by atoms with Crippen molar-refractivity contribution in [1.29, 1.82) is 0 Å². The van der Waals surface area contributed by atoms with Gasteiger partial charge in [-0.25, -0.2) is 13.8 Å². The second-order valence-electron chi connectivity index (χ2n) is 6.33. The monoisotopic (exact) mass is 513 g/mol. The van der Waals surface area contributed by atoms with Gasteiger partial charge in [0.2, 0.25) is 16.8 Å². The van der Waals surface area contributed by atoms with E-state index in [0.29, 0.717) is 33.0 Å². The molecule has 1 N–H and O–H groups in total. The fraction of sp³-hybridized carbons (Fsp3) is 0.263. The van der Waals surface area contributed by atoms with E-state index in [-0.39, 0.29) is 12.5 Å². The molecule has 1 amide bonds. The van der Waals surface area contributed by atoms with Crippen LogP contribution < -0.4 is 28.7 Å². The van der Waals surface area contributed by atoms with E-state index in [1.54, 1.807) is 18.2 Å². The van der Waals surface area contributed by atoms with Crippen LogP contribution in [0.4, 0.5) is 5.69 Å². The first-order valence-corrected chi connectivity index (χ1v) is 11.5. The summed E-state index contributed by atoms with van der Waals surface area (Å²) in [7, 11) is -0.861. The van der Waals surface area contributed by atoms with Gasteiger partial charge in [0.1, 0.15) is 6.54 Å². The van der Waals surface area contributed by atoms with Crippen molar-refractivity contribution in [3.63, 3.8) is 0 Å². The van der Waals surface area contributed by atoms with Gasteiger partial charge < -0.3 is 18.9 Å². The quantitative estimate of drug-likeness (QED) is 0.424. The number of benzene rings is 2. The van der Waals surface area contributed by atoms with E-state index >= 15 is 0 Å². The molecule has 1 heterocycles. The summed E-state index contributed by atoms with van der Waals surface area (Å²) in [6, 6.07) is 7.98. The Labute approximate surface area is 187 Å². The number of carbonyl (C=O) groups is 1. The number of hydrogen-bond donors (Lipinski definition) is 1. The number of hydrazone groups is 1. The normalized spacial score (nSPS) is 12.6. The summed E-state index contributed by atoms with van der Waals surface area (Å²) in [6.45, 7) is -0.343. The fourth-order valence-electron chi connectivity index (χ4n) is 2.75. The Hall–Kier alpha value is -2.99. The van der Waals surface area contributed by atoms with E-state index < -0.39 is 22.5 Å². The predicted octanol–water partition coefficient (Wildman–Crippen LogP) is 2.11. The highest BCUT2D eigenvalue weighted by atomic mass is 79.9. The highest BCUT2D eigenvalue weighted by Crippen LogP contribution is 2.36. The molecule has 2 aromatic carbocycles. The van der Waals surface area contributed by atoms with Crippen LogP contribution >= 0.6 is 15.9 Å². The van der Waals surface area contributed by atoms with Crippen molar-refractivity contribution in [2.45, 2.75) is 0 Å². The fourth-order valence-corrected chi connectivity index (χ4v) is 4.02. The van der Waals surface area contributed by atoms with Gasteiger partial charge in [0, 0.05) is 16.1 Å². The summed E-state index contributed by atoms with van der Waals surface area (Å²) in [5.74, 6) is 1.30. The van der Waals surface area contributed by atoms with Crippen LogP contribution in [0.25, 0.3) is 0 Å². The summed E-state index contributed by atoms with van der Waals surface area (Å²) in [5, 5.41) is 3.90. The molecule has 0 fully saturated rings. The van der Waals surface area contributed by atoms with Crippen LogP contribution in [0.1, 0.15) is 5.56 Å². The van der Waals surface area contributed by atoms with Gasteiger partial charge in [0.25, 0.3) is 5.91 Å². The summed E-state index contributed by atoms with van der Waals surface area (Å²) >= 11 is 3.39. The molecule has 0 bridgehead atoms. The Balaban J connectivity index is 1.73. The predicted molar refractivity (Wildman–Crippen MR) is 118 cm³/mol. The minimum absolute atomic E-state index is 0.135. The minimum Gasteiger partial charge on any atom is -0.493 e. The Morgan fingerprint density at radius 1 is 1.19 bits per heavy atom. The number of carbonyl (C=O) groups excluding carboxylic acids is 1. The van der Waals surface area contributed by atoms with Crippen LogP contribution in [0.15, 0.2) is 39.9 Å². The molecule has 12 heteroatoms. The Kier molecular flexibility index (Phi) is 6.91. The van der Waals surface area contributed by atoms with Crippen molar-refractivity contribution in [1.82, 2.24) is 5.43 Å². The topological polar surface area (TPSA) is 116 Å². The lowest BCUT2D eigenvalue weighted by Gasteiger charge is -2.22. The lowest BCUT2D eigenvalue weighted by molar-refractivity contribution is -0.119. The first kappa shape index (κ1) is 22.7. The van der Waals surface area contributed by atoms with Crippen LogP contribution in [0.3, 0.4) is 0 Å². The molecule has 1 aliphatic heterocycles. The second-order valence-corrected chi connectivity index (χ2v) is 9.09. The minimum atomic E-state index is -3.76. The van der Waals surface area contributed by atoms with Gasteiger partial charge in [-0.2, -0.15) is 5.10 Å². The Morgan fingerprint density at radius 3 is 2.52 bits per heavy atom. The summed E-state index contributed by atoms with van der Waals surface area (Å²) in [5.41, 5.74) is 3.22. The van der Waals surface area contributed by atoms with Crippen LogP contribution in [-0.4, -0.2) is 54.4 Å². The number of methoxy groups -OCH3 is 2. The van der Waals surface area contributed by atoms with E-state index in [4.69, 9.17) is 18.9 Å². The van der Waals surface area contributed by atoms with Gasteiger partial charge in [-0.15, -0.1) is 0 Å². The van der Waals surface area contributed by atoms with Crippen LogP contribution in [-0.2, 0) is 14.8 Å². The lowest BCUT2D eigenvalue weighted by atomic mass is 10.2. The molecule has 0 saturated heterocycles. The molecular formula is C19H20BrN3O7S. The molecule has 31 heavy (non-hydrogen) atoms. The smallest absolute Gasteiger partial charge is 0.260 e. The van der Waals surface area contributed by atoms with Crippen molar-refractivity contribution < 1.29 is 32.2 Å². The van der Waals surface area contributed by atoms with E-state index in [1.807, 2.05) is 0 Å². The maximum atomic E-state index is 12.4. The number of nitrogens with zero attached hydrogens (tertiary/aromatic N) is 2. The molecule has 0 aliphatic carbocycles. The van der Waals surface area contributed by atoms with Crippen LogP contribution in [0.2, 0.25) is 0 Å². The number of ether oxygens (including phenoxy) is 4. The third-order valence-electron chi connectivity index (χ3n) is 4.23. The van der Waals surface area contributed by atoms with Gasteiger partial charge in [-0.05, 0) is 40.2 Å². The molecule has 166 valence electrons. The van der Waals surface area contributed by atoms with Crippen molar-refractivity contribution >= 4 is 43.8 Å². The van der Waals surface area contributed by atoms with E-state index in [0.717, 1.165) is 10.6 Å². The second kappa shape index (κ2) is 9.43. The summed E-state index contributed by atoms with van der Waals surface area (Å²) in [6.07, 6.45) is 2.41. The van der Waals surface area contributed by atoms with E-state index in [2.05, 4.69) is 26.5 Å². The number of fused-ring (bicyclic) bond motifs is 1. The van der Waals surface area contributed by atoms with Gasteiger partial charge in [-0.1, -0.05) is 0 Å². The number of sulfonamides is 1. The molecule has 3 rings (SSSR count). The zero-order valence-electron chi connectivity index (χ0n) is 16.9. The summed E-state index contributed by atoms with van der Waals surface area (Å²) in [4.78, 5) is 12.4. The zero-order valence-corrected chi connectivity index (χ0v) is 19.3. The number of anilines is 1. The number of amides is 1. The first-order chi connectivity index (χ1) is 14.7. The number of hydrogen-bond acceptors (Lipinski definition) is 8. The molecule has 0 aromatic heterocycles. The van der Waals surface area contributed by atoms with Crippen LogP contribution in [0.5, 0.6) is 23.0 Å². The molecule has 2 aromatic rings. The van der Waals surface area contributed by atoms with Crippen LogP contribution in [0, 0.1) is 0 Å². The Bertz CT molecular complexity index is 1120. The number of nitrogens with one attached hydrogen (secondary N) is 1. The SMILES string of the molecule is COc1ccc(N(CC(=O)N/N=C\c2cc3c(cc2Br)OCO3)S(C)(=O)=O)cc1OC. The van der Waals surface area contributed by atoms with Crippen molar-refractivity contribution in [2.24, 2.45) is 5.10 Å². The maximum Gasteiger partial charge on any atom is 0.260 e. The number of halogens is 1. The Morgan fingerprint density at radius 2 is 1.87 bits per heavy atom. The molecule has 0 spiro atoms. The third kappa shape index (κ3) is 5.39. The van der Waals surface area contributed by atoms with Gasteiger partial charge >= 0.3 is 0 Å². The lowest BCUT2D eigenvalue weighted by Crippen LogP contribution is -2.39. The highest BCUT2D eigenvalue weighted by Gasteiger charge is 2.22. The van der Waals surface area contributed by atoms with Gasteiger partial charge in [0.05, 0.1) is 32.4 Å². The number of rotatable bonds is 8. The van der Waals surface area contributed by atoms with Gasteiger partial charge in [0.15, 0.2) is 23.0 Å². The average Bonchev–Trinajstić information content (AvgIpc) is 3.17. The first-order valence-electron chi connectivity index (χ1n) is 8.83. The summed E-state index contributed by atoms with van der Waals surface area (Å²) < 4.78 is 47.1. The molecule has 1 aliphatic rings. The van der Waals surface area contributed by atoms with Gasteiger partial charge in [-0.3, -0.25) is 9.10 Å². The molecule has 10 nitrogen and oxygen atoms in total. The molecular weight excluding hydrogens is 494 g/mol. The average molecular weight is 514 g/mol. The molecule has 0 radical (unpaired) electrons. The molecule has 0 atom stereocenters. The third-order valence-corrected chi connectivity index (χ3v) is 6.05. The van der Waals surface area contributed by atoms with E-state index in [9.17, 15) is 13.2 Å². The highest BCUT2D eigenvalue weighted by molar-refractivity contribution is 9.10. The largest absolute Gasteiger partial charge is 0.493 e. The van der Waals surface area contributed by atoms with Crippen molar-refractivity contribution in [2.75, 3.05) is 38.1 Å². The molecule has 0 saturated carbocycles. The van der Waals surface area contributed by atoms with E-state index in [1.165, 1.54) is 32.6 Å². The van der Waals surface area contributed by atoms with Crippen molar-refractivity contribution in [3.05, 3.63) is 40.4 Å².